The van der Waals surface area contributed by atoms with Gasteiger partial charge in [-0.3, -0.25) is 11.3 Å². The molecule has 18 heavy (non-hydrogen) atoms. The molecule has 5 heteroatoms. The number of para-hydroxylation sites is 1. The molecule has 1 heterocycles. The number of thiophene rings is 1. The molecule has 0 aliphatic rings. The molecule has 0 aliphatic carbocycles. The van der Waals surface area contributed by atoms with E-state index in [1.807, 2.05) is 24.3 Å². The number of rotatable bonds is 5. The zero-order valence-corrected chi connectivity index (χ0v) is 12.4. The van der Waals surface area contributed by atoms with Gasteiger partial charge in [-0.15, -0.1) is 11.3 Å². The van der Waals surface area contributed by atoms with Crippen LogP contribution < -0.4 is 16.0 Å². The minimum atomic E-state index is 0.0950. The standard InChI is InChI=1S/C13H15BrN2OS/c1-17-11-5-3-2-4-9(11)8-10(16-15)12-6-7-13(14)18-12/h2-7,10,16H,8,15H2,1H3. The number of hydrazine groups is 1. The van der Waals surface area contributed by atoms with E-state index in [1.165, 1.54) is 4.88 Å². The number of hydrogen-bond donors (Lipinski definition) is 2. The molecule has 1 unspecified atom stereocenters. The van der Waals surface area contributed by atoms with Gasteiger partial charge in [-0.05, 0) is 46.1 Å². The molecule has 3 N–H and O–H groups in total. The maximum atomic E-state index is 5.65. The summed E-state index contributed by atoms with van der Waals surface area (Å²) in [4.78, 5) is 1.20. The minimum absolute atomic E-state index is 0.0950. The van der Waals surface area contributed by atoms with Crippen molar-refractivity contribution in [1.82, 2.24) is 5.43 Å². The van der Waals surface area contributed by atoms with E-state index in [0.29, 0.717) is 0 Å². The highest BCUT2D eigenvalue weighted by Crippen LogP contribution is 2.30. The Balaban J connectivity index is 2.20. The number of benzene rings is 1. The summed E-state index contributed by atoms with van der Waals surface area (Å²) in [7, 11) is 1.69. The minimum Gasteiger partial charge on any atom is -0.496 e. The fraction of sp³-hybridized carbons (Fsp3) is 0.231. The summed E-state index contributed by atoms with van der Waals surface area (Å²) >= 11 is 5.15. The highest BCUT2D eigenvalue weighted by Gasteiger charge is 2.14. The summed E-state index contributed by atoms with van der Waals surface area (Å²) in [6.07, 6.45) is 0.799. The Bertz CT molecular complexity index is 515. The van der Waals surface area contributed by atoms with Crippen molar-refractivity contribution in [1.29, 1.82) is 0 Å². The van der Waals surface area contributed by atoms with Crippen LogP contribution in [0, 0.1) is 0 Å². The molecule has 0 aliphatic heterocycles. The first-order chi connectivity index (χ1) is 8.74. The van der Waals surface area contributed by atoms with Crippen molar-refractivity contribution in [2.24, 2.45) is 5.84 Å². The number of halogens is 1. The van der Waals surface area contributed by atoms with Gasteiger partial charge in [0.15, 0.2) is 0 Å². The average molecular weight is 327 g/mol. The molecule has 1 aromatic carbocycles. The van der Waals surface area contributed by atoms with Crippen LogP contribution in [-0.2, 0) is 6.42 Å². The van der Waals surface area contributed by atoms with Crippen LogP contribution in [0.5, 0.6) is 5.75 Å². The van der Waals surface area contributed by atoms with E-state index in [1.54, 1.807) is 18.4 Å². The molecule has 0 bridgehead atoms. The van der Waals surface area contributed by atoms with Gasteiger partial charge in [-0.1, -0.05) is 18.2 Å². The fourth-order valence-electron chi connectivity index (χ4n) is 1.85. The zero-order valence-electron chi connectivity index (χ0n) is 10.0. The van der Waals surface area contributed by atoms with E-state index in [2.05, 4.69) is 33.5 Å². The quantitative estimate of drug-likeness (QED) is 0.654. The molecule has 0 fully saturated rings. The Hall–Kier alpha value is -0.880. The third-order valence-electron chi connectivity index (χ3n) is 2.76. The smallest absolute Gasteiger partial charge is 0.122 e. The van der Waals surface area contributed by atoms with Gasteiger partial charge in [-0.2, -0.15) is 0 Å². The Morgan fingerprint density at radius 2 is 2.11 bits per heavy atom. The molecule has 96 valence electrons. The van der Waals surface area contributed by atoms with Crippen LogP contribution in [0.1, 0.15) is 16.5 Å². The third-order valence-corrected chi connectivity index (χ3v) is 4.49. The summed E-state index contributed by atoms with van der Waals surface area (Å²) in [5.41, 5.74) is 4.01. The first kappa shape index (κ1) is 13.5. The highest BCUT2D eigenvalue weighted by molar-refractivity contribution is 9.11. The van der Waals surface area contributed by atoms with Crippen molar-refractivity contribution in [3.8, 4) is 5.75 Å². The van der Waals surface area contributed by atoms with Crippen molar-refractivity contribution >= 4 is 27.3 Å². The molecule has 1 aromatic heterocycles. The molecular formula is C13H15BrN2OS. The topological polar surface area (TPSA) is 47.3 Å². The van der Waals surface area contributed by atoms with Gasteiger partial charge in [0, 0.05) is 4.88 Å². The van der Waals surface area contributed by atoms with Gasteiger partial charge in [0.25, 0.3) is 0 Å². The predicted octanol–water partition coefficient (Wildman–Crippen LogP) is 3.27. The summed E-state index contributed by atoms with van der Waals surface area (Å²) < 4.78 is 6.47. The van der Waals surface area contributed by atoms with Gasteiger partial charge >= 0.3 is 0 Å². The summed E-state index contributed by atoms with van der Waals surface area (Å²) in [5, 5.41) is 0. The number of nitrogens with one attached hydrogen (secondary N) is 1. The van der Waals surface area contributed by atoms with Crippen LogP contribution in [0.15, 0.2) is 40.2 Å². The number of methoxy groups -OCH3 is 1. The van der Waals surface area contributed by atoms with E-state index in [9.17, 15) is 0 Å². The number of nitrogens with two attached hydrogens (primary N) is 1. The van der Waals surface area contributed by atoms with E-state index >= 15 is 0 Å². The second kappa shape index (κ2) is 6.33. The SMILES string of the molecule is COc1ccccc1CC(NN)c1ccc(Br)s1. The first-order valence-corrected chi connectivity index (χ1v) is 7.18. The average Bonchev–Trinajstić information content (AvgIpc) is 2.83. The number of hydrogen-bond acceptors (Lipinski definition) is 4. The molecule has 0 spiro atoms. The second-order valence-corrected chi connectivity index (χ2v) is 6.37. The van der Waals surface area contributed by atoms with Crippen molar-refractivity contribution < 1.29 is 4.74 Å². The maximum Gasteiger partial charge on any atom is 0.122 e. The lowest BCUT2D eigenvalue weighted by atomic mass is 10.0. The van der Waals surface area contributed by atoms with Crippen LogP contribution in [0.2, 0.25) is 0 Å². The number of ether oxygens (including phenoxy) is 1. The van der Waals surface area contributed by atoms with Crippen molar-refractivity contribution in [3.05, 3.63) is 50.6 Å². The lowest BCUT2D eigenvalue weighted by Crippen LogP contribution is -2.29. The third kappa shape index (κ3) is 3.11. The highest BCUT2D eigenvalue weighted by atomic mass is 79.9. The lowest BCUT2D eigenvalue weighted by molar-refractivity contribution is 0.406. The Labute approximate surface area is 119 Å². The zero-order chi connectivity index (χ0) is 13.0. The summed E-state index contributed by atoms with van der Waals surface area (Å²) in [6.45, 7) is 0. The van der Waals surface area contributed by atoms with Crippen LogP contribution in [0.25, 0.3) is 0 Å². The van der Waals surface area contributed by atoms with Crippen LogP contribution in [0.4, 0.5) is 0 Å². The Morgan fingerprint density at radius 3 is 2.72 bits per heavy atom. The van der Waals surface area contributed by atoms with Gasteiger partial charge in [0.1, 0.15) is 5.75 Å². The van der Waals surface area contributed by atoms with Gasteiger partial charge in [0.2, 0.25) is 0 Å². The van der Waals surface area contributed by atoms with Crippen molar-refractivity contribution in [2.45, 2.75) is 12.5 Å². The molecule has 0 saturated carbocycles. The molecule has 3 nitrogen and oxygen atoms in total. The second-order valence-electron chi connectivity index (χ2n) is 3.88. The molecule has 2 aromatic rings. The maximum absolute atomic E-state index is 5.65. The molecule has 1 atom stereocenters. The predicted molar refractivity (Wildman–Crippen MR) is 78.8 cm³/mol. The Kier molecular flexibility index (Phi) is 4.77. The van der Waals surface area contributed by atoms with E-state index in [0.717, 1.165) is 21.5 Å². The van der Waals surface area contributed by atoms with Gasteiger partial charge < -0.3 is 4.74 Å². The van der Waals surface area contributed by atoms with Crippen LogP contribution >= 0.6 is 27.3 Å². The van der Waals surface area contributed by atoms with Gasteiger partial charge in [-0.25, -0.2) is 0 Å². The van der Waals surface area contributed by atoms with Crippen molar-refractivity contribution in [3.63, 3.8) is 0 Å². The summed E-state index contributed by atoms with van der Waals surface area (Å²) in [6, 6.07) is 12.2. The molecule has 0 saturated heterocycles. The molecule has 0 amide bonds. The van der Waals surface area contributed by atoms with E-state index in [-0.39, 0.29) is 6.04 Å². The lowest BCUT2D eigenvalue weighted by Gasteiger charge is -2.16. The summed E-state index contributed by atoms with van der Waals surface area (Å²) in [5.74, 6) is 6.55. The van der Waals surface area contributed by atoms with E-state index in [4.69, 9.17) is 10.6 Å². The fourth-order valence-corrected chi connectivity index (χ4v) is 3.33. The first-order valence-electron chi connectivity index (χ1n) is 5.58. The van der Waals surface area contributed by atoms with Crippen LogP contribution in [-0.4, -0.2) is 7.11 Å². The van der Waals surface area contributed by atoms with Crippen molar-refractivity contribution in [2.75, 3.05) is 7.11 Å². The normalized spacial score (nSPS) is 12.4. The molecule has 2 rings (SSSR count). The van der Waals surface area contributed by atoms with E-state index < -0.39 is 0 Å². The molecular weight excluding hydrogens is 312 g/mol. The van der Waals surface area contributed by atoms with Gasteiger partial charge in [0.05, 0.1) is 16.9 Å². The Morgan fingerprint density at radius 1 is 1.33 bits per heavy atom. The van der Waals surface area contributed by atoms with Crippen LogP contribution in [0.3, 0.4) is 0 Å². The monoisotopic (exact) mass is 326 g/mol. The largest absolute Gasteiger partial charge is 0.496 e. The molecule has 0 radical (unpaired) electrons.